The average molecular weight is 542 g/mol. The van der Waals surface area contributed by atoms with E-state index >= 15 is 0 Å². The third kappa shape index (κ3) is 7.53. The lowest BCUT2D eigenvalue weighted by Crippen LogP contribution is -2.34. The van der Waals surface area contributed by atoms with Crippen molar-refractivity contribution < 1.29 is 33.3 Å². The van der Waals surface area contributed by atoms with Crippen LogP contribution in [0.5, 0.6) is 28.7 Å². The summed E-state index contributed by atoms with van der Waals surface area (Å²) in [6.07, 6.45) is 1.45. The van der Waals surface area contributed by atoms with Crippen molar-refractivity contribution in [3.63, 3.8) is 0 Å². The quantitative estimate of drug-likeness (QED) is 0.264. The van der Waals surface area contributed by atoms with Gasteiger partial charge in [0, 0.05) is 10.6 Å². The molecule has 0 heterocycles. The molecule has 200 valence electrons. The van der Waals surface area contributed by atoms with Crippen molar-refractivity contribution in [2.75, 3.05) is 35.0 Å². The highest BCUT2D eigenvalue weighted by Crippen LogP contribution is 2.38. The smallest absolute Gasteiger partial charge is 0.259 e. The van der Waals surface area contributed by atoms with Crippen LogP contribution in [0, 0.1) is 0 Å². The SMILES string of the molecule is COc1cc(/C=N/NC(=O)CNC(=O)c2cc(OC)c(OC)c(OC)c2)ccc1OCc1ccc(Cl)cc1. The number of carbonyl (C=O) groups excluding carboxylic acids is 2. The van der Waals surface area contributed by atoms with Crippen molar-refractivity contribution in [1.82, 2.24) is 10.7 Å². The van der Waals surface area contributed by atoms with E-state index < -0.39 is 11.8 Å². The summed E-state index contributed by atoms with van der Waals surface area (Å²) in [5, 5.41) is 7.11. The molecular weight excluding hydrogens is 514 g/mol. The number of ether oxygens (including phenoxy) is 5. The molecule has 10 nitrogen and oxygen atoms in total. The minimum atomic E-state index is -0.517. The van der Waals surface area contributed by atoms with Crippen LogP contribution >= 0.6 is 11.6 Å². The zero-order valence-corrected chi connectivity index (χ0v) is 22.1. The first kappa shape index (κ1) is 28.1. The Balaban J connectivity index is 1.53. The number of nitrogens with one attached hydrogen (secondary N) is 2. The number of nitrogens with zero attached hydrogens (tertiary/aromatic N) is 1. The summed E-state index contributed by atoms with van der Waals surface area (Å²) < 4.78 is 27.0. The molecule has 0 bridgehead atoms. The second-order valence-corrected chi connectivity index (χ2v) is 8.15. The largest absolute Gasteiger partial charge is 0.493 e. The minimum Gasteiger partial charge on any atom is -0.493 e. The molecule has 3 aromatic rings. The molecule has 0 radical (unpaired) electrons. The summed E-state index contributed by atoms with van der Waals surface area (Å²) in [7, 11) is 5.89. The normalized spacial score (nSPS) is 10.6. The summed E-state index contributed by atoms with van der Waals surface area (Å²) in [6, 6.07) is 15.6. The van der Waals surface area contributed by atoms with E-state index in [0.717, 1.165) is 5.56 Å². The Morgan fingerprint density at radius 1 is 0.842 bits per heavy atom. The van der Waals surface area contributed by atoms with Crippen LogP contribution in [0.1, 0.15) is 21.5 Å². The molecule has 0 aromatic heterocycles. The van der Waals surface area contributed by atoms with E-state index in [1.54, 1.807) is 30.3 Å². The first-order chi connectivity index (χ1) is 18.4. The minimum absolute atomic E-state index is 0.237. The van der Waals surface area contributed by atoms with Crippen molar-refractivity contribution in [2.24, 2.45) is 5.10 Å². The molecule has 3 aromatic carbocycles. The number of halogens is 1. The van der Waals surface area contributed by atoms with Gasteiger partial charge >= 0.3 is 0 Å². The maximum Gasteiger partial charge on any atom is 0.259 e. The fourth-order valence-corrected chi connectivity index (χ4v) is 3.44. The molecule has 0 fully saturated rings. The van der Waals surface area contributed by atoms with Gasteiger partial charge in [-0.1, -0.05) is 23.7 Å². The molecule has 11 heteroatoms. The first-order valence-electron chi connectivity index (χ1n) is 11.3. The third-order valence-electron chi connectivity index (χ3n) is 5.23. The van der Waals surface area contributed by atoms with E-state index in [1.165, 1.54) is 46.8 Å². The number of hydrazone groups is 1. The molecule has 0 saturated carbocycles. The van der Waals surface area contributed by atoms with Crippen molar-refractivity contribution in [1.29, 1.82) is 0 Å². The van der Waals surface area contributed by atoms with Crippen LogP contribution in [0.2, 0.25) is 5.02 Å². The molecule has 0 spiro atoms. The molecule has 0 atom stereocenters. The third-order valence-corrected chi connectivity index (χ3v) is 5.49. The number of carbonyl (C=O) groups is 2. The summed E-state index contributed by atoms with van der Waals surface area (Å²) in [5.74, 6) is 1.05. The van der Waals surface area contributed by atoms with Gasteiger partial charge in [0.25, 0.3) is 11.8 Å². The lowest BCUT2D eigenvalue weighted by Gasteiger charge is -2.14. The second kappa shape index (κ2) is 13.8. The van der Waals surface area contributed by atoms with Crippen LogP contribution < -0.4 is 34.4 Å². The van der Waals surface area contributed by atoms with E-state index in [2.05, 4.69) is 15.8 Å². The summed E-state index contributed by atoms with van der Waals surface area (Å²) in [4.78, 5) is 24.7. The predicted octanol–water partition coefficient (Wildman–Crippen LogP) is 3.83. The summed E-state index contributed by atoms with van der Waals surface area (Å²) >= 11 is 5.91. The highest BCUT2D eigenvalue weighted by Gasteiger charge is 2.17. The van der Waals surface area contributed by atoms with Crippen molar-refractivity contribution >= 4 is 29.6 Å². The number of rotatable bonds is 12. The van der Waals surface area contributed by atoms with E-state index in [4.69, 9.17) is 35.3 Å². The van der Waals surface area contributed by atoms with Crippen molar-refractivity contribution in [3.8, 4) is 28.7 Å². The van der Waals surface area contributed by atoms with E-state index in [0.29, 0.717) is 45.9 Å². The topological polar surface area (TPSA) is 117 Å². The van der Waals surface area contributed by atoms with Crippen LogP contribution in [0.25, 0.3) is 0 Å². The average Bonchev–Trinajstić information content (AvgIpc) is 2.94. The monoisotopic (exact) mass is 541 g/mol. The van der Waals surface area contributed by atoms with Gasteiger partial charge in [-0.2, -0.15) is 5.10 Å². The molecule has 0 aliphatic rings. The van der Waals surface area contributed by atoms with Crippen LogP contribution in [-0.4, -0.2) is 53.0 Å². The van der Waals surface area contributed by atoms with Gasteiger partial charge in [-0.25, -0.2) is 5.43 Å². The predicted molar refractivity (Wildman–Crippen MR) is 143 cm³/mol. The number of methoxy groups -OCH3 is 4. The lowest BCUT2D eigenvalue weighted by atomic mass is 10.1. The first-order valence-corrected chi connectivity index (χ1v) is 11.7. The van der Waals surface area contributed by atoms with Gasteiger partial charge in [-0.15, -0.1) is 0 Å². The Hall–Kier alpha value is -4.44. The Labute approximate surface area is 225 Å². The van der Waals surface area contributed by atoms with Gasteiger partial charge in [0.1, 0.15) is 6.61 Å². The molecular formula is C27H28ClN3O7. The molecule has 0 aliphatic heterocycles. The van der Waals surface area contributed by atoms with Gasteiger partial charge in [0.05, 0.1) is 41.2 Å². The molecule has 2 amide bonds. The standard InChI is InChI=1S/C27H28ClN3O7/c1-34-22-11-18(7-10-21(22)38-16-17-5-8-20(28)9-6-17)14-30-31-25(32)15-29-27(33)19-12-23(35-2)26(37-4)24(13-19)36-3/h5-14H,15-16H2,1-4H3,(H,29,33)(H,31,32)/b30-14+. The van der Waals surface area contributed by atoms with Gasteiger partial charge < -0.3 is 29.0 Å². The van der Waals surface area contributed by atoms with E-state index in [9.17, 15) is 9.59 Å². The number of hydrogen-bond acceptors (Lipinski definition) is 8. The number of benzene rings is 3. The van der Waals surface area contributed by atoms with Gasteiger partial charge in [-0.3, -0.25) is 9.59 Å². The van der Waals surface area contributed by atoms with Gasteiger partial charge in [0.2, 0.25) is 5.75 Å². The highest BCUT2D eigenvalue weighted by molar-refractivity contribution is 6.30. The van der Waals surface area contributed by atoms with Crippen LogP contribution in [0.4, 0.5) is 0 Å². The Morgan fingerprint density at radius 2 is 1.50 bits per heavy atom. The maximum atomic E-state index is 12.5. The number of amides is 2. The number of hydrogen-bond donors (Lipinski definition) is 2. The van der Waals surface area contributed by atoms with E-state index in [1.807, 2.05) is 12.1 Å². The molecule has 0 unspecified atom stereocenters. The van der Waals surface area contributed by atoms with E-state index in [-0.39, 0.29) is 12.1 Å². The molecule has 0 aliphatic carbocycles. The second-order valence-electron chi connectivity index (χ2n) is 7.72. The molecule has 3 rings (SSSR count). The maximum absolute atomic E-state index is 12.5. The fourth-order valence-electron chi connectivity index (χ4n) is 3.32. The lowest BCUT2D eigenvalue weighted by molar-refractivity contribution is -0.120. The zero-order chi connectivity index (χ0) is 27.5. The van der Waals surface area contributed by atoms with Crippen LogP contribution in [0.3, 0.4) is 0 Å². The van der Waals surface area contributed by atoms with Crippen LogP contribution in [-0.2, 0) is 11.4 Å². The zero-order valence-electron chi connectivity index (χ0n) is 21.4. The summed E-state index contributed by atoms with van der Waals surface area (Å²) in [6.45, 7) is 0.0481. The molecule has 0 saturated heterocycles. The molecule has 38 heavy (non-hydrogen) atoms. The van der Waals surface area contributed by atoms with Crippen molar-refractivity contribution in [3.05, 3.63) is 76.3 Å². The Morgan fingerprint density at radius 3 is 2.11 bits per heavy atom. The Kier molecular flexibility index (Phi) is 10.2. The Bertz CT molecular complexity index is 1270. The highest BCUT2D eigenvalue weighted by atomic mass is 35.5. The van der Waals surface area contributed by atoms with Crippen molar-refractivity contribution in [2.45, 2.75) is 6.61 Å². The molecule has 2 N–H and O–H groups in total. The van der Waals surface area contributed by atoms with Crippen LogP contribution in [0.15, 0.2) is 59.7 Å². The van der Waals surface area contributed by atoms with Gasteiger partial charge in [0.15, 0.2) is 23.0 Å². The fraction of sp³-hybridized carbons (Fsp3) is 0.222. The van der Waals surface area contributed by atoms with Gasteiger partial charge in [-0.05, 0) is 53.6 Å². The summed E-state index contributed by atoms with van der Waals surface area (Å²) in [5.41, 5.74) is 4.23.